The Balaban J connectivity index is 1.56. The molecule has 5 nitrogen and oxygen atoms in total. The van der Waals surface area contributed by atoms with Crippen molar-refractivity contribution < 1.29 is 9.53 Å². The zero-order valence-corrected chi connectivity index (χ0v) is 15.7. The van der Waals surface area contributed by atoms with E-state index in [-0.39, 0.29) is 18.6 Å². The Hall–Kier alpha value is -2.82. The van der Waals surface area contributed by atoms with Crippen molar-refractivity contribution >= 4 is 16.8 Å². The third-order valence-electron chi connectivity index (χ3n) is 5.12. The lowest BCUT2D eigenvalue weighted by Gasteiger charge is -2.24. The summed E-state index contributed by atoms with van der Waals surface area (Å²) < 4.78 is 8.02. The number of carbonyl (C=O) groups is 1. The highest BCUT2D eigenvalue weighted by molar-refractivity contribution is 5.82. The Bertz CT molecular complexity index is 934. The van der Waals surface area contributed by atoms with Gasteiger partial charge in [0.2, 0.25) is 5.91 Å². The van der Waals surface area contributed by atoms with Gasteiger partial charge in [-0.25, -0.2) is 0 Å². The first kappa shape index (κ1) is 17.6. The number of nitrogens with zero attached hydrogens (tertiary/aromatic N) is 3. The number of rotatable bonds is 5. The molecule has 1 unspecified atom stereocenters. The van der Waals surface area contributed by atoms with E-state index in [1.807, 2.05) is 59.6 Å². The van der Waals surface area contributed by atoms with Crippen LogP contribution in [0.1, 0.15) is 31.7 Å². The first-order valence-corrected chi connectivity index (χ1v) is 9.67. The van der Waals surface area contributed by atoms with E-state index in [9.17, 15) is 4.79 Å². The van der Waals surface area contributed by atoms with E-state index in [1.54, 1.807) is 4.68 Å². The van der Waals surface area contributed by atoms with E-state index in [4.69, 9.17) is 4.74 Å². The van der Waals surface area contributed by atoms with Gasteiger partial charge in [0, 0.05) is 17.5 Å². The molecule has 3 aromatic rings. The molecule has 0 N–H and O–H groups in total. The molecule has 0 spiro atoms. The van der Waals surface area contributed by atoms with Crippen molar-refractivity contribution in [2.24, 2.45) is 0 Å². The second-order valence-electron chi connectivity index (χ2n) is 7.13. The normalized spacial score (nSPS) is 16.6. The number of hydrogen-bond acceptors (Lipinski definition) is 3. The van der Waals surface area contributed by atoms with Crippen LogP contribution >= 0.6 is 0 Å². The number of unbranched alkanes of at least 4 members (excludes halogenated alkanes) is 1. The molecule has 1 aromatic heterocycles. The fourth-order valence-electron chi connectivity index (χ4n) is 3.63. The van der Waals surface area contributed by atoms with Gasteiger partial charge in [-0.15, -0.1) is 0 Å². The number of carbonyl (C=O) groups excluding carboxylic acids is 1. The zero-order chi connectivity index (χ0) is 18.6. The standard InChI is InChI=1S/C22H25N3O2/c1-2-3-10-19-15-24(14-18-9-5-7-12-21(18)27-19)22(26)16-25-20-11-6-4-8-17(20)13-23-25/h4-9,11-13,19H,2-3,10,14-16H2,1H3. The highest BCUT2D eigenvalue weighted by Crippen LogP contribution is 2.26. The fourth-order valence-corrected chi connectivity index (χ4v) is 3.63. The zero-order valence-electron chi connectivity index (χ0n) is 15.7. The Morgan fingerprint density at radius 1 is 1.19 bits per heavy atom. The van der Waals surface area contributed by atoms with Crippen LogP contribution in [0.5, 0.6) is 5.75 Å². The molecule has 0 bridgehead atoms. The van der Waals surface area contributed by atoms with Crippen LogP contribution in [0.15, 0.2) is 54.7 Å². The topological polar surface area (TPSA) is 47.4 Å². The summed E-state index contributed by atoms with van der Waals surface area (Å²) in [5.74, 6) is 0.976. The number of benzene rings is 2. The van der Waals surface area contributed by atoms with Crippen LogP contribution < -0.4 is 4.74 Å². The fraction of sp³-hybridized carbons (Fsp3) is 0.364. The SMILES string of the molecule is CCCCC1CN(C(=O)Cn2ncc3ccccc32)Cc2ccccc2O1. The Morgan fingerprint density at radius 2 is 2.00 bits per heavy atom. The van der Waals surface area contributed by atoms with Crippen LogP contribution in [-0.4, -0.2) is 33.2 Å². The van der Waals surface area contributed by atoms with Crippen molar-refractivity contribution in [2.75, 3.05) is 6.54 Å². The van der Waals surface area contributed by atoms with Crippen molar-refractivity contribution in [3.8, 4) is 5.75 Å². The molecule has 27 heavy (non-hydrogen) atoms. The molecule has 1 aliphatic heterocycles. The average Bonchev–Trinajstić information content (AvgIpc) is 2.99. The van der Waals surface area contributed by atoms with Gasteiger partial charge in [0.05, 0.1) is 18.3 Å². The second kappa shape index (κ2) is 7.82. The van der Waals surface area contributed by atoms with E-state index >= 15 is 0 Å². The highest BCUT2D eigenvalue weighted by Gasteiger charge is 2.26. The van der Waals surface area contributed by atoms with Crippen LogP contribution in [0.4, 0.5) is 0 Å². The molecule has 0 fully saturated rings. The summed E-state index contributed by atoms with van der Waals surface area (Å²) in [6.45, 7) is 3.62. The number of amides is 1. The van der Waals surface area contributed by atoms with E-state index in [0.29, 0.717) is 13.1 Å². The quantitative estimate of drug-likeness (QED) is 0.688. The molecular formula is C22H25N3O2. The Morgan fingerprint density at radius 3 is 2.89 bits per heavy atom. The Kier molecular flexibility index (Phi) is 5.10. The van der Waals surface area contributed by atoms with E-state index in [1.165, 1.54) is 0 Å². The maximum Gasteiger partial charge on any atom is 0.244 e. The number of fused-ring (bicyclic) bond motifs is 2. The van der Waals surface area contributed by atoms with E-state index < -0.39 is 0 Å². The van der Waals surface area contributed by atoms with Crippen LogP contribution in [0.2, 0.25) is 0 Å². The van der Waals surface area contributed by atoms with Gasteiger partial charge < -0.3 is 9.64 Å². The molecule has 1 atom stereocenters. The van der Waals surface area contributed by atoms with Crippen LogP contribution in [0.3, 0.4) is 0 Å². The molecule has 0 saturated carbocycles. The average molecular weight is 363 g/mol. The number of aromatic nitrogens is 2. The monoisotopic (exact) mass is 363 g/mol. The number of para-hydroxylation sites is 2. The van der Waals surface area contributed by atoms with Gasteiger partial charge in [-0.05, 0) is 25.0 Å². The predicted molar refractivity (Wildman–Crippen MR) is 106 cm³/mol. The molecule has 0 aliphatic carbocycles. The summed E-state index contributed by atoms with van der Waals surface area (Å²) >= 11 is 0. The first-order valence-electron chi connectivity index (χ1n) is 9.67. The lowest BCUT2D eigenvalue weighted by Crippen LogP contribution is -2.39. The molecule has 1 amide bonds. The molecule has 2 aromatic carbocycles. The van der Waals surface area contributed by atoms with Crippen LogP contribution in [-0.2, 0) is 17.9 Å². The van der Waals surface area contributed by atoms with Gasteiger partial charge in [-0.1, -0.05) is 49.7 Å². The smallest absolute Gasteiger partial charge is 0.244 e. The summed E-state index contributed by atoms with van der Waals surface area (Å²) in [4.78, 5) is 15.0. The van der Waals surface area contributed by atoms with Crippen molar-refractivity contribution in [3.05, 3.63) is 60.3 Å². The minimum Gasteiger partial charge on any atom is -0.488 e. The molecule has 0 radical (unpaired) electrons. The molecular weight excluding hydrogens is 338 g/mol. The molecule has 4 rings (SSSR count). The van der Waals surface area contributed by atoms with Crippen molar-refractivity contribution in [3.63, 3.8) is 0 Å². The third-order valence-corrected chi connectivity index (χ3v) is 5.12. The van der Waals surface area contributed by atoms with Crippen molar-refractivity contribution in [2.45, 2.75) is 45.4 Å². The molecule has 5 heteroatoms. The van der Waals surface area contributed by atoms with Gasteiger partial charge in [0.1, 0.15) is 18.4 Å². The number of ether oxygens (including phenoxy) is 1. The summed E-state index contributed by atoms with van der Waals surface area (Å²) in [7, 11) is 0. The minimum atomic E-state index is 0.0342. The minimum absolute atomic E-state index is 0.0342. The molecule has 2 heterocycles. The van der Waals surface area contributed by atoms with Gasteiger partial charge in [-0.3, -0.25) is 9.48 Å². The third kappa shape index (κ3) is 3.82. The molecule has 0 saturated heterocycles. The van der Waals surface area contributed by atoms with Crippen LogP contribution in [0.25, 0.3) is 10.9 Å². The molecule has 1 aliphatic rings. The van der Waals surface area contributed by atoms with Gasteiger partial charge in [-0.2, -0.15) is 5.10 Å². The second-order valence-corrected chi connectivity index (χ2v) is 7.13. The summed E-state index contributed by atoms with van der Waals surface area (Å²) in [5, 5.41) is 5.46. The largest absolute Gasteiger partial charge is 0.488 e. The Labute approximate surface area is 159 Å². The predicted octanol–water partition coefficient (Wildman–Crippen LogP) is 4.02. The molecule has 140 valence electrons. The first-order chi connectivity index (χ1) is 13.2. The van der Waals surface area contributed by atoms with E-state index in [0.717, 1.165) is 41.5 Å². The van der Waals surface area contributed by atoms with Gasteiger partial charge in [0.25, 0.3) is 0 Å². The van der Waals surface area contributed by atoms with Crippen molar-refractivity contribution in [1.82, 2.24) is 14.7 Å². The lowest BCUT2D eigenvalue weighted by atomic mass is 10.1. The van der Waals surface area contributed by atoms with Crippen molar-refractivity contribution in [1.29, 1.82) is 0 Å². The van der Waals surface area contributed by atoms with E-state index in [2.05, 4.69) is 12.0 Å². The summed E-state index contributed by atoms with van der Waals surface area (Å²) in [5.41, 5.74) is 2.05. The van der Waals surface area contributed by atoms with Crippen LogP contribution in [0, 0.1) is 0 Å². The lowest BCUT2D eigenvalue weighted by molar-refractivity contribution is -0.133. The summed E-state index contributed by atoms with van der Waals surface area (Å²) in [6.07, 6.45) is 5.02. The maximum absolute atomic E-state index is 13.1. The van der Waals surface area contributed by atoms with Gasteiger partial charge in [0.15, 0.2) is 0 Å². The number of hydrogen-bond donors (Lipinski definition) is 0. The van der Waals surface area contributed by atoms with Gasteiger partial charge >= 0.3 is 0 Å². The summed E-state index contributed by atoms with van der Waals surface area (Å²) in [6, 6.07) is 16.0. The highest BCUT2D eigenvalue weighted by atomic mass is 16.5. The maximum atomic E-state index is 13.1.